The van der Waals surface area contributed by atoms with Crippen LogP contribution in [0.15, 0.2) is 39.6 Å². The summed E-state index contributed by atoms with van der Waals surface area (Å²) in [5.74, 6) is 1.31. The standard InChI is InChI=1S/C17H24N4O3S3/c1-13(2)12-25-17-20-19-16(26-17)18-15(22)10-7-11-21(3)27(23,24)14-8-5-4-6-9-14/h4-6,8-9,13H,7,10-12H2,1-3H3,(H,18,19,22). The lowest BCUT2D eigenvalue weighted by Crippen LogP contribution is -2.28. The van der Waals surface area contributed by atoms with E-state index in [-0.39, 0.29) is 23.8 Å². The summed E-state index contributed by atoms with van der Waals surface area (Å²) in [7, 11) is -2.01. The Bertz CT molecular complexity index is 838. The van der Waals surface area contributed by atoms with E-state index < -0.39 is 10.0 Å². The number of nitrogens with one attached hydrogen (secondary N) is 1. The first-order chi connectivity index (χ1) is 12.8. The van der Waals surface area contributed by atoms with Crippen LogP contribution in [0.1, 0.15) is 26.7 Å². The van der Waals surface area contributed by atoms with E-state index in [0.717, 1.165) is 10.1 Å². The third-order valence-electron chi connectivity index (χ3n) is 3.52. The number of nitrogens with zero attached hydrogens (tertiary/aromatic N) is 3. The van der Waals surface area contributed by atoms with E-state index in [1.807, 2.05) is 0 Å². The first-order valence-electron chi connectivity index (χ1n) is 8.56. The molecule has 0 bridgehead atoms. The average Bonchev–Trinajstić information content (AvgIpc) is 3.07. The minimum absolute atomic E-state index is 0.197. The lowest BCUT2D eigenvalue weighted by atomic mass is 10.3. The Morgan fingerprint density at radius 1 is 1.26 bits per heavy atom. The number of carbonyl (C=O) groups is 1. The summed E-state index contributed by atoms with van der Waals surface area (Å²) in [4.78, 5) is 12.3. The van der Waals surface area contributed by atoms with Crippen molar-refractivity contribution >= 4 is 44.2 Å². The summed E-state index contributed by atoms with van der Waals surface area (Å²) in [6.45, 7) is 4.52. The SMILES string of the molecule is CC(C)CSc1nnc(NC(=O)CCCN(C)S(=O)(=O)c2ccccc2)s1. The zero-order valence-corrected chi connectivity index (χ0v) is 18.0. The van der Waals surface area contributed by atoms with Gasteiger partial charge in [-0.3, -0.25) is 4.79 Å². The number of carbonyl (C=O) groups excluding carboxylic acids is 1. The van der Waals surface area contributed by atoms with Gasteiger partial charge in [-0.1, -0.05) is 55.1 Å². The molecule has 1 aromatic heterocycles. The van der Waals surface area contributed by atoms with Crippen LogP contribution in [0.5, 0.6) is 0 Å². The molecule has 7 nitrogen and oxygen atoms in total. The Labute approximate surface area is 168 Å². The van der Waals surface area contributed by atoms with Crippen molar-refractivity contribution in [1.29, 1.82) is 0 Å². The number of anilines is 1. The number of aromatic nitrogens is 2. The Kier molecular flexibility index (Phi) is 8.21. The maximum atomic E-state index is 12.4. The predicted octanol–water partition coefficient (Wildman–Crippen LogP) is 3.33. The summed E-state index contributed by atoms with van der Waals surface area (Å²) in [5, 5.41) is 11.2. The summed E-state index contributed by atoms with van der Waals surface area (Å²) in [6, 6.07) is 8.25. The van der Waals surface area contributed by atoms with E-state index in [1.54, 1.807) is 42.1 Å². The number of hydrogen-bond acceptors (Lipinski definition) is 7. The van der Waals surface area contributed by atoms with E-state index in [1.165, 1.54) is 22.7 Å². The van der Waals surface area contributed by atoms with Crippen LogP contribution in [0.25, 0.3) is 0 Å². The van der Waals surface area contributed by atoms with E-state index >= 15 is 0 Å². The molecular formula is C17H24N4O3S3. The topological polar surface area (TPSA) is 92.3 Å². The van der Waals surface area contributed by atoms with Crippen molar-refractivity contribution in [2.24, 2.45) is 5.92 Å². The van der Waals surface area contributed by atoms with Crippen molar-refractivity contribution < 1.29 is 13.2 Å². The molecule has 0 saturated carbocycles. The molecule has 2 aromatic rings. The van der Waals surface area contributed by atoms with Crippen LogP contribution < -0.4 is 5.32 Å². The molecule has 1 amide bonds. The molecule has 1 heterocycles. The molecule has 0 unspecified atom stereocenters. The van der Waals surface area contributed by atoms with Crippen molar-refractivity contribution in [3.8, 4) is 0 Å². The van der Waals surface area contributed by atoms with Crippen LogP contribution in [0.2, 0.25) is 0 Å². The second kappa shape index (κ2) is 10.2. The monoisotopic (exact) mass is 428 g/mol. The first-order valence-corrected chi connectivity index (χ1v) is 11.8. The molecule has 0 saturated heterocycles. The van der Waals surface area contributed by atoms with Gasteiger partial charge in [-0.15, -0.1) is 10.2 Å². The molecule has 1 N–H and O–H groups in total. The van der Waals surface area contributed by atoms with Gasteiger partial charge in [0.2, 0.25) is 21.1 Å². The minimum Gasteiger partial charge on any atom is -0.301 e. The van der Waals surface area contributed by atoms with Gasteiger partial charge < -0.3 is 5.32 Å². The van der Waals surface area contributed by atoms with Crippen LogP contribution in [-0.2, 0) is 14.8 Å². The quantitative estimate of drug-likeness (QED) is 0.461. The van der Waals surface area contributed by atoms with Crippen molar-refractivity contribution in [3.63, 3.8) is 0 Å². The summed E-state index contributed by atoms with van der Waals surface area (Å²) >= 11 is 2.97. The summed E-state index contributed by atoms with van der Waals surface area (Å²) in [6.07, 6.45) is 0.630. The third kappa shape index (κ3) is 6.87. The Hall–Kier alpha value is -1.49. The number of thioether (sulfide) groups is 1. The molecule has 0 fully saturated rings. The fraction of sp³-hybridized carbons (Fsp3) is 0.471. The molecule has 0 atom stereocenters. The van der Waals surface area contributed by atoms with Gasteiger partial charge in [0.1, 0.15) is 0 Å². The van der Waals surface area contributed by atoms with Crippen LogP contribution in [0, 0.1) is 5.92 Å². The zero-order chi connectivity index (χ0) is 19.9. The Balaban J connectivity index is 1.77. The molecule has 0 radical (unpaired) electrons. The highest BCUT2D eigenvalue weighted by atomic mass is 32.2. The zero-order valence-electron chi connectivity index (χ0n) is 15.6. The van der Waals surface area contributed by atoms with Crippen LogP contribution >= 0.6 is 23.1 Å². The molecule has 0 aliphatic carbocycles. The smallest absolute Gasteiger partial charge is 0.242 e. The van der Waals surface area contributed by atoms with Crippen LogP contribution in [0.3, 0.4) is 0 Å². The maximum absolute atomic E-state index is 12.4. The molecule has 148 valence electrons. The van der Waals surface area contributed by atoms with Gasteiger partial charge in [0.25, 0.3) is 0 Å². The highest BCUT2D eigenvalue weighted by molar-refractivity contribution is 8.01. The number of sulfonamides is 1. The second-order valence-corrected chi connectivity index (χ2v) is 10.7. The maximum Gasteiger partial charge on any atom is 0.242 e. The lowest BCUT2D eigenvalue weighted by molar-refractivity contribution is -0.116. The average molecular weight is 429 g/mol. The molecule has 1 aromatic carbocycles. The fourth-order valence-corrected chi connectivity index (χ4v) is 5.07. The number of rotatable bonds is 10. The van der Waals surface area contributed by atoms with E-state index in [0.29, 0.717) is 17.5 Å². The van der Waals surface area contributed by atoms with Crippen molar-refractivity contribution in [2.45, 2.75) is 35.9 Å². The van der Waals surface area contributed by atoms with Gasteiger partial charge >= 0.3 is 0 Å². The normalized spacial score (nSPS) is 11.9. The van der Waals surface area contributed by atoms with Gasteiger partial charge in [-0.25, -0.2) is 12.7 Å². The van der Waals surface area contributed by atoms with Crippen molar-refractivity contribution in [1.82, 2.24) is 14.5 Å². The fourth-order valence-electron chi connectivity index (χ4n) is 2.09. The predicted molar refractivity (Wildman–Crippen MR) is 110 cm³/mol. The highest BCUT2D eigenvalue weighted by Crippen LogP contribution is 2.27. The van der Waals surface area contributed by atoms with E-state index in [4.69, 9.17) is 0 Å². The first kappa shape index (κ1) is 21.8. The minimum atomic E-state index is -3.53. The Morgan fingerprint density at radius 3 is 2.63 bits per heavy atom. The molecule has 0 aliphatic heterocycles. The van der Waals surface area contributed by atoms with Crippen LogP contribution in [-0.4, -0.2) is 48.2 Å². The Morgan fingerprint density at radius 2 is 1.96 bits per heavy atom. The van der Waals surface area contributed by atoms with Gasteiger partial charge in [0.05, 0.1) is 4.90 Å². The molecule has 27 heavy (non-hydrogen) atoms. The second-order valence-electron chi connectivity index (χ2n) is 6.37. The van der Waals surface area contributed by atoms with E-state index in [2.05, 4.69) is 29.4 Å². The van der Waals surface area contributed by atoms with Gasteiger partial charge in [-0.05, 0) is 24.5 Å². The van der Waals surface area contributed by atoms with Gasteiger partial charge in [-0.2, -0.15) is 0 Å². The van der Waals surface area contributed by atoms with E-state index in [9.17, 15) is 13.2 Å². The lowest BCUT2D eigenvalue weighted by Gasteiger charge is -2.16. The molecule has 2 rings (SSSR count). The largest absolute Gasteiger partial charge is 0.301 e. The van der Waals surface area contributed by atoms with Gasteiger partial charge in [0.15, 0.2) is 4.34 Å². The number of amides is 1. The van der Waals surface area contributed by atoms with Gasteiger partial charge in [0, 0.05) is 25.8 Å². The third-order valence-corrected chi connectivity index (χ3v) is 7.79. The molecule has 10 heteroatoms. The molecule has 0 aliphatic rings. The summed E-state index contributed by atoms with van der Waals surface area (Å²) < 4.78 is 26.9. The van der Waals surface area contributed by atoms with Crippen molar-refractivity contribution in [2.75, 3.05) is 24.7 Å². The highest BCUT2D eigenvalue weighted by Gasteiger charge is 2.20. The number of hydrogen-bond donors (Lipinski definition) is 1. The molecule has 0 spiro atoms. The molecular weight excluding hydrogens is 404 g/mol. The van der Waals surface area contributed by atoms with Crippen molar-refractivity contribution in [3.05, 3.63) is 30.3 Å². The number of benzene rings is 1. The van der Waals surface area contributed by atoms with Crippen LogP contribution in [0.4, 0.5) is 5.13 Å². The summed E-state index contributed by atoms with van der Waals surface area (Å²) in [5.41, 5.74) is 0.